The average Bonchev–Trinajstić information content (AvgIpc) is 2.34. The molecule has 0 aliphatic carbocycles. The van der Waals surface area contributed by atoms with Crippen molar-refractivity contribution >= 4 is 40.7 Å². The molecule has 4 nitrogen and oxygen atoms in total. The van der Waals surface area contributed by atoms with Gasteiger partial charge in [0.05, 0.1) is 10.0 Å². The number of carbonyl (C=O) groups excluding carboxylic acids is 2. The summed E-state index contributed by atoms with van der Waals surface area (Å²) in [7, 11) is 0. The van der Waals surface area contributed by atoms with Crippen LogP contribution in [0, 0.1) is 0 Å². The molecule has 6 heteroatoms. The van der Waals surface area contributed by atoms with E-state index in [2.05, 4.69) is 10.6 Å². The number of nitrogens with one attached hydrogen (secondary N) is 2. The summed E-state index contributed by atoms with van der Waals surface area (Å²) in [4.78, 5) is 22.9. The van der Waals surface area contributed by atoms with Crippen molar-refractivity contribution in [2.45, 2.75) is 19.8 Å². The average molecular weight is 289 g/mol. The number of benzene rings is 1. The normalized spacial score (nSPS) is 9.94. The van der Waals surface area contributed by atoms with Crippen LogP contribution < -0.4 is 10.6 Å². The Hall–Kier alpha value is -1.26. The van der Waals surface area contributed by atoms with Crippen molar-refractivity contribution in [3.63, 3.8) is 0 Å². The van der Waals surface area contributed by atoms with E-state index in [0.29, 0.717) is 22.3 Å². The van der Waals surface area contributed by atoms with Crippen LogP contribution in [0.3, 0.4) is 0 Å². The molecule has 0 atom stereocenters. The minimum absolute atomic E-state index is 0.320. The number of carbonyl (C=O) groups is 2. The van der Waals surface area contributed by atoms with E-state index in [4.69, 9.17) is 23.2 Å². The predicted octanol–water partition coefficient (Wildman–Crippen LogP) is 2.85. The molecular weight excluding hydrogens is 275 g/mol. The highest BCUT2D eigenvalue weighted by molar-refractivity contribution is 6.42. The number of hydrogen-bond donors (Lipinski definition) is 2. The molecule has 0 saturated carbocycles. The molecule has 0 radical (unpaired) electrons. The van der Waals surface area contributed by atoms with E-state index in [9.17, 15) is 9.59 Å². The molecule has 0 fully saturated rings. The van der Waals surface area contributed by atoms with Gasteiger partial charge >= 0.3 is 11.8 Å². The van der Waals surface area contributed by atoms with E-state index < -0.39 is 11.8 Å². The second-order valence-corrected chi connectivity index (χ2v) is 4.51. The standard InChI is InChI=1S/C12H14Cl2N2O2/c1-2-3-6-15-11(17)12(18)16-8-4-5-9(13)10(14)7-8/h4-5,7H,2-3,6H2,1H3,(H,15,17)(H,16,18). The fourth-order valence-electron chi connectivity index (χ4n) is 1.22. The van der Waals surface area contributed by atoms with Crippen LogP contribution in [0.25, 0.3) is 0 Å². The van der Waals surface area contributed by atoms with E-state index in [1.165, 1.54) is 6.07 Å². The van der Waals surface area contributed by atoms with Gasteiger partial charge in [-0.2, -0.15) is 0 Å². The molecule has 0 saturated heterocycles. The number of halogens is 2. The van der Waals surface area contributed by atoms with Gasteiger partial charge < -0.3 is 10.6 Å². The molecule has 0 unspecified atom stereocenters. The highest BCUT2D eigenvalue weighted by Crippen LogP contribution is 2.24. The second kappa shape index (κ2) is 7.24. The molecule has 18 heavy (non-hydrogen) atoms. The van der Waals surface area contributed by atoms with E-state index in [1.54, 1.807) is 12.1 Å². The fourth-order valence-corrected chi connectivity index (χ4v) is 1.52. The third-order valence-electron chi connectivity index (χ3n) is 2.20. The van der Waals surface area contributed by atoms with Crippen LogP contribution in [0.2, 0.25) is 10.0 Å². The van der Waals surface area contributed by atoms with Gasteiger partial charge in [-0.25, -0.2) is 0 Å². The maximum Gasteiger partial charge on any atom is 0.313 e. The summed E-state index contributed by atoms with van der Waals surface area (Å²) in [6.45, 7) is 2.49. The van der Waals surface area contributed by atoms with Crippen LogP contribution in [0.1, 0.15) is 19.8 Å². The van der Waals surface area contributed by atoms with Gasteiger partial charge in [0.25, 0.3) is 0 Å². The summed E-state index contributed by atoms with van der Waals surface area (Å²) in [6, 6.07) is 4.61. The van der Waals surface area contributed by atoms with E-state index in [0.717, 1.165) is 12.8 Å². The minimum atomic E-state index is -0.718. The fraction of sp³-hybridized carbons (Fsp3) is 0.333. The van der Waals surface area contributed by atoms with Crippen molar-refractivity contribution in [1.82, 2.24) is 5.32 Å². The SMILES string of the molecule is CCCCNC(=O)C(=O)Nc1ccc(Cl)c(Cl)c1. The number of anilines is 1. The first-order chi connectivity index (χ1) is 8.54. The predicted molar refractivity (Wildman–Crippen MR) is 73.0 cm³/mol. The quantitative estimate of drug-likeness (QED) is 0.661. The molecule has 0 aliphatic rings. The van der Waals surface area contributed by atoms with Gasteiger partial charge in [0.2, 0.25) is 0 Å². The van der Waals surface area contributed by atoms with Gasteiger partial charge in [0.15, 0.2) is 0 Å². The largest absolute Gasteiger partial charge is 0.348 e. The number of amides is 2. The van der Waals surface area contributed by atoms with Gasteiger partial charge in [-0.15, -0.1) is 0 Å². The molecule has 1 aromatic rings. The van der Waals surface area contributed by atoms with E-state index in [1.807, 2.05) is 6.92 Å². The molecule has 2 amide bonds. The van der Waals surface area contributed by atoms with Crippen LogP contribution in [0.15, 0.2) is 18.2 Å². The smallest absolute Gasteiger partial charge is 0.313 e. The van der Waals surface area contributed by atoms with Gasteiger partial charge in [-0.3, -0.25) is 9.59 Å². The Morgan fingerprint density at radius 2 is 1.89 bits per heavy atom. The highest BCUT2D eigenvalue weighted by Gasteiger charge is 2.13. The van der Waals surface area contributed by atoms with Gasteiger partial charge in [0, 0.05) is 12.2 Å². The molecular formula is C12H14Cl2N2O2. The molecule has 0 aliphatic heterocycles. The van der Waals surface area contributed by atoms with Crippen molar-refractivity contribution in [2.75, 3.05) is 11.9 Å². The van der Waals surface area contributed by atoms with Gasteiger partial charge in [-0.1, -0.05) is 36.5 Å². The third-order valence-corrected chi connectivity index (χ3v) is 2.94. The number of unbranched alkanes of at least 4 members (excludes halogenated alkanes) is 1. The first-order valence-corrected chi connectivity index (χ1v) is 6.34. The molecule has 0 spiro atoms. The Morgan fingerprint density at radius 1 is 1.17 bits per heavy atom. The zero-order valence-corrected chi connectivity index (χ0v) is 11.4. The molecule has 0 bridgehead atoms. The highest BCUT2D eigenvalue weighted by atomic mass is 35.5. The van der Waals surface area contributed by atoms with Crippen LogP contribution >= 0.6 is 23.2 Å². The zero-order chi connectivity index (χ0) is 13.5. The first-order valence-electron chi connectivity index (χ1n) is 5.58. The van der Waals surface area contributed by atoms with E-state index in [-0.39, 0.29) is 0 Å². The minimum Gasteiger partial charge on any atom is -0.348 e. The van der Waals surface area contributed by atoms with Crippen LogP contribution in [0.4, 0.5) is 5.69 Å². The maximum absolute atomic E-state index is 11.5. The number of rotatable bonds is 4. The molecule has 0 heterocycles. The van der Waals surface area contributed by atoms with Crippen LogP contribution in [0.5, 0.6) is 0 Å². The lowest BCUT2D eigenvalue weighted by Crippen LogP contribution is -2.35. The Kier molecular flexibility index (Phi) is 5.95. The van der Waals surface area contributed by atoms with Crippen LogP contribution in [-0.4, -0.2) is 18.4 Å². The van der Waals surface area contributed by atoms with Gasteiger partial charge in [-0.05, 0) is 24.6 Å². The summed E-state index contributed by atoms with van der Waals surface area (Å²) in [5.74, 6) is -1.38. The summed E-state index contributed by atoms with van der Waals surface area (Å²) < 4.78 is 0. The Labute approximate surface area is 116 Å². The van der Waals surface area contributed by atoms with Crippen molar-refractivity contribution in [1.29, 1.82) is 0 Å². The maximum atomic E-state index is 11.5. The Balaban J connectivity index is 2.53. The van der Waals surface area contributed by atoms with E-state index >= 15 is 0 Å². The van der Waals surface area contributed by atoms with Crippen molar-refractivity contribution < 1.29 is 9.59 Å². The lowest BCUT2D eigenvalue weighted by atomic mass is 10.3. The van der Waals surface area contributed by atoms with Crippen molar-refractivity contribution in [3.8, 4) is 0 Å². The molecule has 1 aromatic carbocycles. The van der Waals surface area contributed by atoms with Crippen molar-refractivity contribution in [3.05, 3.63) is 28.2 Å². The summed E-state index contributed by atoms with van der Waals surface area (Å²) in [5.41, 5.74) is 0.431. The molecule has 1 rings (SSSR count). The topological polar surface area (TPSA) is 58.2 Å². The Morgan fingerprint density at radius 3 is 2.50 bits per heavy atom. The van der Waals surface area contributed by atoms with Crippen molar-refractivity contribution in [2.24, 2.45) is 0 Å². The summed E-state index contributed by atoms with van der Waals surface area (Å²) in [5, 5.41) is 5.67. The summed E-state index contributed by atoms with van der Waals surface area (Å²) >= 11 is 11.5. The number of hydrogen-bond acceptors (Lipinski definition) is 2. The van der Waals surface area contributed by atoms with Gasteiger partial charge in [0.1, 0.15) is 0 Å². The Bertz CT molecular complexity index is 450. The second-order valence-electron chi connectivity index (χ2n) is 3.69. The lowest BCUT2D eigenvalue weighted by Gasteiger charge is -2.06. The zero-order valence-electron chi connectivity index (χ0n) is 9.93. The molecule has 2 N–H and O–H groups in total. The van der Waals surface area contributed by atoms with Crippen LogP contribution in [-0.2, 0) is 9.59 Å². The first kappa shape index (κ1) is 14.8. The molecule has 0 aromatic heterocycles. The monoisotopic (exact) mass is 288 g/mol. The summed E-state index contributed by atoms with van der Waals surface area (Å²) in [6.07, 6.45) is 1.79. The lowest BCUT2D eigenvalue weighted by molar-refractivity contribution is -0.136. The third kappa shape index (κ3) is 4.55. The molecule has 98 valence electrons.